The summed E-state index contributed by atoms with van der Waals surface area (Å²) in [7, 11) is 1.35. The molecule has 90 valence electrons. The largest absolute Gasteiger partial charge is 0.468 e. The Balaban J connectivity index is 2.12. The number of esters is 1. The first-order valence-electron chi connectivity index (χ1n) is 5.16. The van der Waals surface area contributed by atoms with E-state index in [9.17, 15) is 4.79 Å². The van der Waals surface area contributed by atoms with Crippen LogP contribution in [0.5, 0.6) is 0 Å². The molecule has 0 aliphatic heterocycles. The third-order valence-corrected chi connectivity index (χ3v) is 2.75. The second-order valence-corrected chi connectivity index (χ2v) is 3.87. The highest BCUT2D eigenvalue weighted by atomic mass is 35.5. The molecule has 1 heterocycles. The molecule has 1 aromatic heterocycles. The van der Waals surface area contributed by atoms with Gasteiger partial charge >= 0.3 is 5.97 Å². The van der Waals surface area contributed by atoms with E-state index in [1.807, 2.05) is 24.3 Å². The Bertz CT molecular complexity index is 536. The summed E-state index contributed by atoms with van der Waals surface area (Å²) < 4.78 is 9.92. The molecular formula is C12H12ClNO3. The van der Waals surface area contributed by atoms with Crippen molar-refractivity contribution in [2.24, 2.45) is 0 Å². The van der Waals surface area contributed by atoms with Gasteiger partial charge in [0.1, 0.15) is 5.58 Å². The number of benzene rings is 1. The number of hydrogen-bond donors (Lipinski definition) is 1. The minimum atomic E-state index is -0.311. The molecule has 0 saturated carbocycles. The zero-order valence-electron chi connectivity index (χ0n) is 9.33. The van der Waals surface area contributed by atoms with Crippen LogP contribution in [0.3, 0.4) is 0 Å². The van der Waals surface area contributed by atoms with Crippen LogP contribution in [0.1, 0.15) is 5.56 Å². The number of ether oxygens (including phenoxy) is 1. The molecule has 0 radical (unpaired) electrons. The molecule has 0 saturated heterocycles. The number of carbonyl (C=O) groups is 1. The minimum Gasteiger partial charge on any atom is -0.468 e. The fraction of sp³-hybridized carbons (Fsp3) is 0.250. The van der Waals surface area contributed by atoms with Crippen molar-refractivity contribution in [3.05, 3.63) is 35.0 Å². The van der Waals surface area contributed by atoms with E-state index in [0.717, 1.165) is 16.5 Å². The zero-order valence-corrected chi connectivity index (χ0v) is 10.1. The lowest BCUT2D eigenvalue weighted by molar-refractivity contribution is -0.139. The monoisotopic (exact) mass is 253 g/mol. The van der Waals surface area contributed by atoms with Crippen molar-refractivity contribution < 1.29 is 13.9 Å². The highest BCUT2D eigenvalue weighted by Crippen LogP contribution is 2.29. The van der Waals surface area contributed by atoms with Crippen molar-refractivity contribution in [1.82, 2.24) is 5.32 Å². The number of methoxy groups -OCH3 is 1. The number of carbonyl (C=O) groups excluding carboxylic acids is 1. The van der Waals surface area contributed by atoms with Gasteiger partial charge < -0.3 is 14.5 Å². The Morgan fingerprint density at radius 2 is 2.24 bits per heavy atom. The van der Waals surface area contributed by atoms with Crippen LogP contribution in [0.2, 0.25) is 5.22 Å². The molecule has 0 aliphatic rings. The predicted octanol–water partition coefficient (Wildman–Crippen LogP) is 2.35. The van der Waals surface area contributed by atoms with Crippen LogP contribution in [0.15, 0.2) is 28.7 Å². The quantitative estimate of drug-likeness (QED) is 0.850. The second kappa shape index (κ2) is 5.21. The summed E-state index contributed by atoms with van der Waals surface area (Å²) in [6, 6.07) is 7.58. The lowest BCUT2D eigenvalue weighted by atomic mass is 10.2. The lowest BCUT2D eigenvalue weighted by Gasteiger charge is -2.02. The maximum atomic E-state index is 10.9. The molecule has 2 aromatic rings. The molecule has 1 N–H and O–H groups in total. The average Bonchev–Trinajstić information content (AvgIpc) is 2.66. The highest BCUT2D eigenvalue weighted by molar-refractivity contribution is 6.30. The van der Waals surface area contributed by atoms with Gasteiger partial charge in [-0.1, -0.05) is 18.2 Å². The van der Waals surface area contributed by atoms with E-state index >= 15 is 0 Å². The van der Waals surface area contributed by atoms with Gasteiger partial charge in [0.15, 0.2) is 5.22 Å². The summed E-state index contributed by atoms with van der Waals surface area (Å²) in [4.78, 5) is 10.9. The lowest BCUT2D eigenvalue weighted by Crippen LogP contribution is -2.23. The Morgan fingerprint density at radius 3 is 3.00 bits per heavy atom. The number of rotatable bonds is 4. The maximum absolute atomic E-state index is 10.9. The van der Waals surface area contributed by atoms with Crippen LogP contribution >= 0.6 is 11.6 Å². The third-order valence-electron chi connectivity index (χ3n) is 2.45. The van der Waals surface area contributed by atoms with Crippen LogP contribution in [0.4, 0.5) is 0 Å². The Hall–Kier alpha value is -1.52. The van der Waals surface area contributed by atoms with E-state index in [1.54, 1.807) is 0 Å². The predicted molar refractivity (Wildman–Crippen MR) is 64.9 cm³/mol. The Labute approximate surface area is 103 Å². The van der Waals surface area contributed by atoms with Crippen LogP contribution in [-0.4, -0.2) is 19.6 Å². The van der Waals surface area contributed by atoms with Gasteiger partial charge in [-0.3, -0.25) is 4.79 Å². The molecule has 0 atom stereocenters. The maximum Gasteiger partial charge on any atom is 0.319 e. The van der Waals surface area contributed by atoms with Crippen molar-refractivity contribution in [2.45, 2.75) is 6.54 Å². The summed E-state index contributed by atoms with van der Waals surface area (Å²) in [5, 5.41) is 4.26. The molecule has 0 fully saturated rings. The third kappa shape index (κ3) is 2.60. The molecule has 17 heavy (non-hydrogen) atoms. The minimum absolute atomic E-state index is 0.145. The number of nitrogens with one attached hydrogen (secondary N) is 1. The first-order chi connectivity index (χ1) is 8.22. The summed E-state index contributed by atoms with van der Waals surface area (Å²) in [6.45, 7) is 0.608. The molecule has 2 rings (SSSR count). The summed E-state index contributed by atoms with van der Waals surface area (Å²) in [6.07, 6.45) is 0. The molecule has 0 spiro atoms. The van der Waals surface area contributed by atoms with Gasteiger partial charge in [-0.15, -0.1) is 0 Å². The van der Waals surface area contributed by atoms with Gasteiger partial charge in [0, 0.05) is 17.5 Å². The first-order valence-corrected chi connectivity index (χ1v) is 5.53. The summed E-state index contributed by atoms with van der Waals surface area (Å²) >= 11 is 5.99. The smallest absolute Gasteiger partial charge is 0.319 e. The van der Waals surface area contributed by atoms with Crippen LogP contribution < -0.4 is 5.32 Å². The Morgan fingerprint density at radius 1 is 1.47 bits per heavy atom. The van der Waals surface area contributed by atoms with E-state index in [2.05, 4.69) is 10.1 Å². The van der Waals surface area contributed by atoms with Gasteiger partial charge in [0.05, 0.1) is 13.7 Å². The van der Waals surface area contributed by atoms with Gasteiger partial charge in [0.25, 0.3) is 0 Å². The van der Waals surface area contributed by atoms with Crippen molar-refractivity contribution in [3.63, 3.8) is 0 Å². The highest BCUT2D eigenvalue weighted by Gasteiger charge is 2.11. The zero-order chi connectivity index (χ0) is 12.3. The van der Waals surface area contributed by atoms with Crippen molar-refractivity contribution in [1.29, 1.82) is 0 Å². The van der Waals surface area contributed by atoms with E-state index in [1.165, 1.54) is 7.11 Å². The number of furan rings is 1. The fourth-order valence-electron chi connectivity index (χ4n) is 1.60. The molecule has 1 aromatic carbocycles. The molecule has 5 heteroatoms. The standard InChI is InChI=1S/C12H12ClNO3/c1-16-11(15)7-14-6-9-8-4-2-3-5-10(8)17-12(9)13/h2-5,14H,6-7H2,1H3. The SMILES string of the molecule is COC(=O)CNCc1c(Cl)oc2ccccc12. The van der Waals surface area contributed by atoms with Gasteiger partial charge in [0.2, 0.25) is 0 Å². The second-order valence-electron chi connectivity index (χ2n) is 3.53. The fourth-order valence-corrected chi connectivity index (χ4v) is 1.85. The molecule has 0 unspecified atom stereocenters. The average molecular weight is 254 g/mol. The van der Waals surface area contributed by atoms with Gasteiger partial charge in [-0.05, 0) is 17.7 Å². The van der Waals surface area contributed by atoms with Crippen molar-refractivity contribution in [3.8, 4) is 0 Å². The van der Waals surface area contributed by atoms with Crippen LogP contribution in [0.25, 0.3) is 11.0 Å². The van der Waals surface area contributed by atoms with E-state index < -0.39 is 0 Å². The van der Waals surface area contributed by atoms with E-state index in [-0.39, 0.29) is 12.5 Å². The van der Waals surface area contributed by atoms with E-state index in [4.69, 9.17) is 16.0 Å². The molecule has 4 nitrogen and oxygen atoms in total. The normalized spacial score (nSPS) is 10.7. The van der Waals surface area contributed by atoms with Gasteiger partial charge in [-0.25, -0.2) is 0 Å². The van der Waals surface area contributed by atoms with Crippen molar-refractivity contribution >= 4 is 28.5 Å². The van der Waals surface area contributed by atoms with E-state index in [0.29, 0.717) is 11.8 Å². The summed E-state index contributed by atoms with van der Waals surface area (Å²) in [5.74, 6) is -0.311. The first kappa shape index (κ1) is 12.0. The Kier molecular flexibility index (Phi) is 3.66. The molecule has 0 aliphatic carbocycles. The topological polar surface area (TPSA) is 51.5 Å². The number of fused-ring (bicyclic) bond motifs is 1. The number of hydrogen-bond acceptors (Lipinski definition) is 4. The molecular weight excluding hydrogens is 242 g/mol. The van der Waals surface area contributed by atoms with Gasteiger partial charge in [-0.2, -0.15) is 0 Å². The number of halogens is 1. The molecule has 0 amide bonds. The molecule has 0 bridgehead atoms. The van der Waals surface area contributed by atoms with Crippen LogP contribution in [0, 0.1) is 0 Å². The number of para-hydroxylation sites is 1. The van der Waals surface area contributed by atoms with Crippen LogP contribution in [-0.2, 0) is 16.1 Å². The van der Waals surface area contributed by atoms with Crippen molar-refractivity contribution in [2.75, 3.05) is 13.7 Å². The summed E-state index contributed by atoms with van der Waals surface area (Å²) in [5.41, 5.74) is 1.60.